The molecule has 0 unspecified atom stereocenters. The quantitative estimate of drug-likeness (QED) is 0.219. The first kappa shape index (κ1) is 20.5. The highest BCUT2D eigenvalue weighted by atomic mass is 16.5. The van der Waals surface area contributed by atoms with Gasteiger partial charge in [-0.15, -0.1) is 0 Å². The van der Waals surface area contributed by atoms with Gasteiger partial charge >= 0.3 is 5.97 Å². The number of ether oxygens (including phenoxy) is 1. The molecule has 0 aromatic rings. The van der Waals surface area contributed by atoms with Crippen LogP contribution in [0.5, 0.6) is 0 Å². The summed E-state index contributed by atoms with van der Waals surface area (Å²) >= 11 is 0. The molecular formula is C9H18N4O4. The van der Waals surface area contributed by atoms with Crippen molar-refractivity contribution >= 4 is 18.1 Å². The summed E-state index contributed by atoms with van der Waals surface area (Å²) in [5, 5.41) is 10.8. The lowest BCUT2D eigenvalue weighted by molar-refractivity contribution is -0.142. The van der Waals surface area contributed by atoms with Gasteiger partial charge in [0, 0.05) is 0 Å². The molecule has 0 saturated carbocycles. The normalized spacial score (nSPS) is 9.12. The fourth-order valence-electron chi connectivity index (χ4n) is 0.778. The van der Waals surface area contributed by atoms with Crippen molar-refractivity contribution < 1.29 is 19.1 Å². The van der Waals surface area contributed by atoms with Gasteiger partial charge in [-0.1, -0.05) is 6.42 Å². The number of carbonyl (C=O) groups excluding carboxylic acids is 3. The Balaban J connectivity index is -0.000000273. The van der Waals surface area contributed by atoms with Crippen molar-refractivity contribution in [3.05, 3.63) is 0 Å². The molecule has 0 rings (SSSR count). The van der Waals surface area contributed by atoms with Crippen molar-refractivity contribution in [2.24, 2.45) is 11.5 Å². The van der Waals surface area contributed by atoms with E-state index in [1.54, 1.807) is 0 Å². The van der Waals surface area contributed by atoms with Crippen LogP contribution in [0.1, 0.15) is 19.3 Å². The molecule has 1 atom stereocenters. The van der Waals surface area contributed by atoms with Gasteiger partial charge in [0.1, 0.15) is 6.04 Å². The molecule has 17 heavy (non-hydrogen) atoms. The fraction of sp³-hybridized carbons (Fsp3) is 0.667. The minimum Gasteiger partial charge on any atom is -0.468 e. The van der Waals surface area contributed by atoms with E-state index in [0.29, 0.717) is 13.0 Å². The summed E-state index contributed by atoms with van der Waals surface area (Å²) in [7, 11) is 1.34. The van der Waals surface area contributed by atoms with E-state index in [9.17, 15) is 4.79 Å². The predicted molar refractivity (Wildman–Crippen MR) is 59.7 cm³/mol. The number of hydrogen-bond donors (Lipinski definition) is 4. The Hall–Kier alpha value is -1.85. The SMILES string of the molecule is COC(=O)[C@@H](N)CCCCN.N=C=O.N=C=O. The number of nitrogens with one attached hydrogen (secondary N) is 2. The zero-order valence-corrected chi connectivity index (χ0v) is 9.69. The first-order valence-corrected chi connectivity index (χ1v) is 4.66. The molecule has 0 heterocycles. The third-order valence-electron chi connectivity index (χ3n) is 1.47. The highest BCUT2D eigenvalue weighted by Gasteiger charge is 2.11. The molecule has 8 nitrogen and oxygen atoms in total. The smallest absolute Gasteiger partial charge is 0.322 e. The van der Waals surface area contributed by atoms with Crippen molar-refractivity contribution in [3.63, 3.8) is 0 Å². The summed E-state index contributed by atoms with van der Waals surface area (Å²) in [6, 6.07) is -0.480. The average molecular weight is 246 g/mol. The predicted octanol–water partition coefficient (Wildman–Crippen LogP) is -0.582. The Morgan fingerprint density at radius 3 is 2.00 bits per heavy atom. The zero-order chi connectivity index (χ0) is 14.1. The van der Waals surface area contributed by atoms with Crippen LogP contribution >= 0.6 is 0 Å². The van der Waals surface area contributed by atoms with Crippen LogP contribution in [0, 0.1) is 10.8 Å². The first-order chi connectivity index (χ1) is 8.05. The summed E-state index contributed by atoms with van der Waals surface area (Å²) in [6.07, 6.45) is 3.95. The maximum absolute atomic E-state index is 10.7. The summed E-state index contributed by atoms with van der Waals surface area (Å²) < 4.78 is 4.45. The van der Waals surface area contributed by atoms with Gasteiger partial charge in [-0.25, -0.2) is 20.4 Å². The number of unbranched alkanes of at least 4 members (excludes halogenated alkanes) is 1. The molecule has 0 fully saturated rings. The van der Waals surface area contributed by atoms with Gasteiger partial charge in [0.15, 0.2) is 0 Å². The maximum atomic E-state index is 10.7. The fourth-order valence-corrected chi connectivity index (χ4v) is 0.778. The highest BCUT2D eigenvalue weighted by molar-refractivity contribution is 5.75. The number of hydrogen-bond acceptors (Lipinski definition) is 8. The van der Waals surface area contributed by atoms with Gasteiger partial charge in [-0.3, -0.25) is 4.79 Å². The number of esters is 1. The number of nitrogens with two attached hydrogens (primary N) is 2. The Morgan fingerprint density at radius 1 is 1.29 bits per heavy atom. The highest BCUT2D eigenvalue weighted by Crippen LogP contribution is 1.98. The van der Waals surface area contributed by atoms with Crippen molar-refractivity contribution in [2.45, 2.75) is 25.3 Å². The van der Waals surface area contributed by atoms with E-state index in [1.807, 2.05) is 0 Å². The second-order valence-corrected chi connectivity index (χ2v) is 2.62. The van der Waals surface area contributed by atoms with E-state index in [4.69, 9.17) is 31.9 Å². The molecule has 0 aliphatic rings. The molecule has 0 aromatic carbocycles. The molecule has 0 aromatic heterocycles. The molecule has 98 valence electrons. The van der Waals surface area contributed by atoms with E-state index in [0.717, 1.165) is 25.0 Å². The number of methoxy groups -OCH3 is 1. The minimum atomic E-state index is -0.480. The molecule has 0 spiro atoms. The van der Waals surface area contributed by atoms with Crippen LogP contribution in [-0.2, 0) is 19.1 Å². The summed E-state index contributed by atoms with van der Waals surface area (Å²) in [5.74, 6) is -0.345. The molecule has 0 amide bonds. The Labute approximate surface area is 99.3 Å². The second kappa shape index (κ2) is 19.7. The van der Waals surface area contributed by atoms with E-state index < -0.39 is 6.04 Å². The third kappa shape index (κ3) is 24.9. The third-order valence-corrected chi connectivity index (χ3v) is 1.47. The first-order valence-electron chi connectivity index (χ1n) is 4.66. The number of isocyanates is 2. The van der Waals surface area contributed by atoms with Crippen LogP contribution in [-0.4, -0.2) is 37.8 Å². The standard InChI is InChI=1S/C7H16N2O2.2CHNO/c1-11-7(10)6(9)4-2-3-5-8;2*2-1-3/h6H,2-5,8-9H2,1H3;2*2H/t6-;;/m0../s1. The molecule has 8 heteroatoms. The largest absolute Gasteiger partial charge is 0.468 e. The molecule has 0 bridgehead atoms. The van der Waals surface area contributed by atoms with Crippen LogP contribution in [0.15, 0.2) is 0 Å². The van der Waals surface area contributed by atoms with Crippen molar-refractivity contribution in [1.82, 2.24) is 0 Å². The Morgan fingerprint density at radius 2 is 1.71 bits per heavy atom. The summed E-state index contributed by atoms with van der Waals surface area (Å²) in [4.78, 5) is 27.4. The lowest BCUT2D eigenvalue weighted by Gasteiger charge is -2.07. The van der Waals surface area contributed by atoms with E-state index >= 15 is 0 Å². The van der Waals surface area contributed by atoms with Crippen LogP contribution < -0.4 is 11.5 Å². The monoisotopic (exact) mass is 246 g/mol. The summed E-state index contributed by atoms with van der Waals surface area (Å²) in [5.41, 5.74) is 10.7. The van der Waals surface area contributed by atoms with Gasteiger partial charge in [-0.05, 0) is 19.4 Å². The Kier molecular flexibility index (Phi) is 23.8. The van der Waals surface area contributed by atoms with Gasteiger partial charge in [-0.2, -0.15) is 0 Å². The van der Waals surface area contributed by atoms with Crippen LogP contribution in [0.4, 0.5) is 0 Å². The zero-order valence-electron chi connectivity index (χ0n) is 9.69. The van der Waals surface area contributed by atoms with E-state index in [1.165, 1.54) is 7.11 Å². The van der Waals surface area contributed by atoms with Crippen molar-refractivity contribution in [2.75, 3.05) is 13.7 Å². The van der Waals surface area contributed by atoms with E-state index in [2.05, 4.69) is 4.74 Å². The molecule has 0 saturated heterocycles. The van der Waals surface area contributed by atoms with Crippen LogP contribution in [0.25, 0.3) is 0 Å². The lowest BCUT2D eigenvalue weighted by Crippen LogP contribution is -2.31. The van der Waals surface area contributed by atoms with Gasteiger partial charge in [0.25, 0.3) is 0 Å². The topological polar surface area (TPSA) is 160 Å². The van der Waals surface area contributed by atoms with Crippen LogP contribution in [0.3, 0.4) is 0 Å². The van der Waals surface area contributed by atoms with E-state index in [-0.39, 0.29) is 5.97 Å². The Bertz CT molecular complexity index is 233. The minimum absolute atomic E-state index is 0.345. The summed E-state index contributed by atoms with van der Waals surface area (Å²) in [6.45, 7) is 0.647. The maximum Gasteiger partial charge on any atom is 0.322 e. The van der Waals surface area contributed by atoms with Crippen LogP contribution in [0.2, 0.25) is 0 Å². The molecule has 0 aliphatic heterocycles. The average Bonchev–Trinajstić information content (AvgIpc) is 2.30. The number of rotatable bonds is 5. The van der Waals surface area contributed by atoms with Gasteiger partial charge < -0.3 is 16.2 Å². The van der Waals surface area contributed by atoms with Gasteiger partial charge in [0.05, 0.1) is 7.11 Å². The molecular weight excluding hydrogens is 228 g/mol. The molecule has 0 radical (unpaired) electrons. The molecule has 6 N–H and O–H groups in total. The number of carbonyl (C=O) groups is 1. The van der Waals surface area contributed by atoms with Crippen molar-refractivity contribution in [3.8, 4) is 0 Å². The van der Waals surface area contributed by atoms with Gasteiger partial charge in [0.2, 0.25) is 12.2 Å². The lowest BCUT2D eigenvalue weighted by atomic mass is 10.1. The van der Waals surface area contributed by atoms with Crippen molar-refractivity contribution in [1.29, 1.82) is 10.8 Å². The second-order valence-electron chi connectivity index (χ2n) is 2.62. The molecule has 0 aliphatic carbocycles.